The van der Waals surface area contributed by atoms with Gasteiger partial charge in [-0.05, 0) is 54.4 Å². The largest absolute Gasteiger partial charge is 0.497 e. The third kappa shape index (κ3) is 4.09. The van der Waals surface area contributed by atoms with Crippen molar-refractivity contribution in [2.75, 3.05) is 14.2 Å². The van der Waals surface area contributed by atoms with Gasteiger partial charge in [-0.15, -0.1) is 0 Å². The molecule has 1 radical (unpaired) electrons. The molecule has 0 unspecified atom stereocenters. The Kier molecular flexibility index (Phi) is 5.64. The highest BCUT2D eigenvalue weighted by atomic mass is 35.5. The molecule has 0 saturated carbocycles. The lowest BCUT2D eigenvalue weighted by atomic mass is 10.0. The maximum Gasteiger partial charge on any atom is 0.169 e. The van der Waals surface area contributed by atoms with Crippen LogP contribution in [-0.4, -0.2) is 19.2 Å². The molecule has 0 aliphatic carbocycles. The van der Waals surface area contributed by atoms with Crippen molar-refractivity contribution in [3.05, 3.63) is 77.9 Å². The highest BCUT2D eigenvalue weighted by Crippen LogP contribution is 2.39. The van der Waals surface area contributed by atoms with Crippen molar-refractivity contribution in [3.8, 4) is 28.4 Å². The van der Waals surface area contributed by atoms with Gasteiger partial charge in [-0.25, -0.2) is 4.98 Å². The Morgan fingerprint density at radius 1 is 1.00 bits per heavy atom. The van der Waals surface area contributed by atoms with Crippen molar-refractivity contribution in [1.29, 1.82) is 0 Å². The van der Waals surface area contributed by atoms with Crippen LogP contribution in [0.4, 0.5) is 0 Å². The highest BCUT2D eigenvalue weighted by Gasteiger charge is 2.15. The zero-order valence-corrected chi connectivity index (χ0v) is 15.4. The van der Waals surface area contributed by atoms with E-state index in [-0.39, 0.29) is 0 Å². The molecule has 0 aliphatic rings. The van der Waals surface area contributed by atoms with Gasteiger partial charge in [0.2, 0.25) is 0 Å². The number of nitrogens with zero attached hydrogens (tertiary/aromatic N) is 1. The van der Waals surface area contributed by atoms with E-state index in [4.69, 9.17) is 25.8 Å². The first-order valence-corrected chi connectivity index (χ1v) is 8.40. The number of halogens is 1. The number of hydrogen-bond donors (Lipinski definition) is 0. The van der Waals surface area contributed by atoms with E-state index >= 15 is 0 Å². The van der Waals surface area contributed by atoms with Gasteiger partial charge in [0.15, 0.2) is 11.5 Å². The standard InChI is InChI=1S/C21H19ClNO3/c1-14-10-18(16-6-9-20(22)23-12-16)21(19(11-14)25-3)26-13-15-4-7-17(24-2)8-5-15/h4-12H,1,13H2,2-3H3. The van der Waals surface area contributed by atoms with Crippen LogP contribution in [0.3, 0.4) is 0 Å². The summed E-state index contributed by atoms with van der Waals surface area (Å²) in [5, 5.41) is 0.437. The Hall–Kier alpha value is -2.72. The molecule has 0 N–H and O–H groups in total. The molecular weight excluding hydrogens is 350 g/mol. The second-order valence-electron chi connectivity index (χ2n) is 5.68. The van der Waals surface area contributed by atoms with Gasteiger partial charge in [0.1, 0.15) is 17.5 Å². The SMILES string of the molecule is [CH2]c1cc(OC)c(OCc2ccc(OC)cc2)c(-c2ccc(Cl)nc2)c1. The molecule has 26 heavy (non-hydrogen) atoms. The average Bonchev–Trinajstić information content (AvgIpc) is 2.67. The van der Waals surface area contributed by atoms with E-state index in [0.29, 0.717) is 23.3 Å². The fourth-order valence-electron chi connectivity index (χ4n) is 2.59. The Morgan fingerprint density at radius 2 is 1.77 bits per heavy atom. The van der Waals surface area contributed by atoms with E-state index < -0.39 is 0 Å². The van der Waals surface area contributed by atoms with E-state index in [1.54, 1.807) is 26.5 Å². The molecule has 3 aromatic rings. The molecule has 5 heteroatoms. The first kappa shape index (κ1) is 18.1. The van der Waals surface area contributed by atoms with Crippen molar-refractivity contribution in [2.24, 2.45) is 0 Å². The molecular formula is C21H19ClNO3. The predicted molar refractivity (Wildman–Crippen MR) is 103 cm³/mol. The fourth-order valence-corrected chi connectivity index (χ4v) is 2.70. The normalized spacial score (nSPS) is 10.5. The van der Waals surface area contributed by atoms with E-state index in [1.807, 2.05) is 42.5 Å². The molecule has 3 rings (SSSR count). The summed E-state index contributed by atoms with van der Waals surface area (Å²) in [5.74, 6) is 2.07. The van der Waals surface area contributed by atoms with Crippen molar-refractivity contribution in [1.82, 2.24) is 4.98 Å². The predicted octanol–water partition coefficient (Wildman–Crippen LogP) is 5.18. The second-order valence-corrected chi connectivity index (χ2v) is 6.07. The summed E-state index contributed by atoms with van der Waals surface area (Å²) in [6.07, 6.45) is 1.71. The Morgan fingerprint density at radius 3 is 2.38 bits per heavy atom. The van der Waals surface area contributed by atoms with Crippen LogP contribution in [0, 0.1) is 6.92 Å². The Balaban J connectivity index is 1.94. The molecule has 4 nitrogen and oxygen atoms in total. The van der Waals surface area contributed by atoms with Crippen LogP contribution in [-0.2, 0) is 6.61 Å². The van der Waals surface area contributed by atoms with E-state index in [9.17, 15) is 0 Å². The fraction of sp³-hybridized carbons (Fsp3) is 0.143. The van der Waals surface area contributed by atoms with Crippen LogP contribution >= 0.6 is 11.6 Å². The first-order chi connectivity index (χ1) is 12.6. The summed E-state index contributed by atoms with van der Waals surface area (Å²) in [4.78, 5) is 4.15. The van der Waals surface area contributed by atoms with Crippen LogP contribution in [0.2, 0.25) is 5.15 Å². The lowest BCUT2D eigenvalue weighted by molar-refractivity contribution is 0.285. The van der Waals surface area contributed by atoms with Crippen molar-refractivity contribution < 1.29 is 14.2 Å². The minimum Gasteiger partial charge on any atom is -0.497 e. The van der Waals surface area contributed by atoms with Gasteiger partial charge in [-0.3, -0.25) is 0 Å². The lowest BCUT2D eigenvalue weighted by Crippen LogP contribution is -2.00. The minimum absolute atomic E-state index is 0.394. The van der Waals surface area contributed by atoms with Crippen LogP contribution < -0.4 is 14.2 Å². The molecule has 0 amide bonds. The lowest BCUT2D eigenvalue weighted by Gasteiger charge is -2.16. The summed E-state index contributed by atoms with van der Waals surface area (Å²) in [7, 11) is 3.25. The average molecular weight is 369 g/mol. The summed E-state index contributed by atoms with van der Waals surface area (Å²) in [6, 6.07) is 15.1. The maximum atomic E-state index is 6.10. The number of benzene rings is 2. The Bertz CT molecular complexity index is 877. The summed E-state index contributed by atoms with van der Waals surface area (Å²) < 4.78 is 16.8. The molecule has 0 atom stereocenters. The summed E-state index contributed by atoms with van der Waals surface area (Å²) >= 11 is 5.91. The number of aromatic nitrogens is 1. The number of ether oxygens (including phenoxy) is 3. The summed E-state index contributed by atoms with van der Waals surface area (Å²) in [5.41, 5.74) is 3.57. The van der Waals surface area contributed by atoms with Gasteiger partial charge < -0.3 is 14.2 Å². The van der Waals surface area contributed by atoms with Crippen LogP contribution in [0.25, 0.3) is 11.1 Å². The van der Waals surface area contributed by atoms with E-state index in [0.717, 1.165) is 28.0 Å². The van der Waals surface area contributed by atoms with Gasteiger partial charge in [0.25, 0.3) is 0 Å². The molecule has 0 saturated heterocycles. The van der Waals surface area contributed by atoms with Gasteiger partial charge >= 0.3 is 0 Å². The van der Waals surface area contributed by atoms with Crippen LogP contribution in [0.1, 0.15) is 11.1 Å². The monoisotopic (exact) mass is 368 g/mol. The molecule has 0 spiro atoms. The van der Waals surface area contributed by atoms with Crippen LogP contribution in [0.5, 0.6) is 17.2 Å². The smallest absolute Gasteiger partial charge is 0.169 e. The topological polar surface area (TPSA) is 40.6 Å². The molecule has 1 aromatic heterocycles. The molecule has 0 aliphatic heterocycles. The maximum absolute atomic E-state index is 6.10. The zero-order valence-electron chi connectivity index (χ0n) is 14.7. The number of hydrogen-bond acceptors (Lipinski definition) is 4. The number of pyridine rings is 1. The van der Waals surface area contributed by atoms with Crippen LogP contribution in [0.15, 0.2) is 54.7 Å². The van der Waals surface area contributed by atoms with Crippen molar-refractivity contribution in [3.63, 3.8) is 0 Å². The van der Waals surface area contributed by atoms with Gasteiger partial charge in [-0.2, -0.15) is 0 Å². The number of methoxy groups -OCH3 is 2. The molecule has 133 valence electrons. The number of rotatable bonds is 6. The molecule has 1 heterocycles. The third-order valence-corrected chi connectivity index (χ3v) is 4.14. The minimum atomic E-state index is 0.394. The van der Waals surface area contributed by atoms with Gasteiger partial charge in [0, 0.05) is 17.3 Å². The van der Waals surface area contributed by atoms with Crippen molar-refractivity contribution >= 4 is 11.6 Å². The highest BCUT2D eigenvalue weighted by molar-refractivity contribution is 6.29. The van der Waals surface area contributed by atoms with Gasteiger partial charge in [0.05, 0.1) is 14.2 Å². The quantitative estimate of drug-likeness (QED) is 0.562. The second kappa shape index (κ2) is 8.11. The van der Waals surface area contributed by atoms with Gasteiger partial charge in [-0.1, -0.05) is 23.7 Å². The molecule has 2 aromatic carbocycles. The molecule has 0 bridgehead atoms. The molecule has 0 fully saturated rings. The van der Waals surface area contributed by atoms with E-state index in [1.165, 1.54) is 0 Å². The Labute approximate surface area is 158 Å². The third-order valence-electron chi connectivity index (χ3n) is 3.92. The first-order valence-electron chi connectivity index (χ1n) is 8.02. The summed E-state index contributed by atoms with van der Waals surface area (Å²) in [6.45, 7) is 4.41. The van der Waals surface area contributed by atoms with Crippen molar-refractivity contribution in [2.45, 2.75) is 6.61 Å². The van der Waals surface area contributed by atoms with E-state index in [2.05, 4.69) is 11.9 Å². The zero-order chi connectivity index (χ0) is 18.5.